The SMILES string of the molecule is CC[C@@H](CC[C@@H](C)[C@H]1CC[C@H]2C3=CC(=O)[C@@]4(O)C[C@@H](OC(=O)c5ccccc5)CC[C@]4(C)[C@H]3CC[C@]12C)C(C)C. The lowest BCUT2D eigenvalue weighted by Crippen LogP contribution is -2.64. The maximum absolute atomic E-state index is 13.8. The molecule has 220 valence electrons. The third-order valence-corrected chi connectivity index (χ3v) is 12.5. The van der Waals surface area contributed by atoms with Gasteiger partial charge in [-0.3, -0.25) is 4.79 Å². The van der Waals surface area contributed by atoms with E-state index < -0.39 is 17.1 Å². The van der Waals surface area contributed by atoms with Gasteiger partial charge in [-0.2, -0.15) is 0 Å². The third kappa shape index (κ3) is 4.80. The molecule has 1 aromatic rings. The topological polar surface area (TPSA) is 63.6 Å². The van der Waals surface area contributed by atoms with Crippen molar-refractivity contribution >= 4 is 11.8 Å². The van der Waals surface area contributed by atoms with Gasteiger partial charge in [0, 0.05) is 11.8 Å². The highest BCUT2D eigenvalue weighted by Gasteiger charge is 2.65. The number of esters is 1. The Balaban J connectivity index is 1.33. The molecule has 0 aliphatic heterocycles. The van der Waals surface area contributed by atoms with Crippen molar-refractivity contribution in [2.75, 3.05) is 0 Å². The monoisotopic (exact) mass is 548 g/mol. The average Bonchev–Trinajstić information content (AvgIpc) is 3.28. The van der Waals surface area contributed by atoms with Crippen LogP contribution in [0.5, 0.6) is 0 Å². The molecule has 4 heteroatoms. The van der Waals surface area contributed by atoms with E-state index in [9.17, 15) is 14.7 Å². The van der Waals surface area contributed by atoms with Crippen LogP contribution in [0, 0.1) is 46.3 Å². The van der Waals surface area contributed by atoms with Gasteiger partial charge in [-0.15, -0.1) is 0 Å². The van der Waals surface area contributed by atoms with Gasteiger partial charge in [0.2, 0.25) is 0 Å². The van der Waals surface area contributed by atoms with Crippen LogP contribution in [0.2, 0.25) is 0 Å². The molecule has 0 aromatic heterocycles. The van der Waals surface area contributed by atoms with E-state index in [4.69, 9.17) is 4.74 Å². The van der Waals surface area contributed by atoms with Crippen LogP contribution in [-0.2, 0) is 9.53 Å². The fourth-order valence-corrected chi connectivity index (χ4v) is 9.89. The number of aliphatic hydroxyl groups is 1. The molecule has 0 amide bonds. The summed E-state index contributed by atoms with van der Waals surface area (Å²) >= 11 is 0. The van der Waals surface area contributed by atoms with Crippen LogP contribution in [0.3, 0.4) is 0 Å². The molecule has 5 rings (SSSR count). The highest BCUT2D eigenvalue weighted by atomic mass is 16.5. The number of ketones is 1. The summed E-state index contributed by atoms with van der Waals surface area (Å²) in [5.41, 5.74) is 0.0718. The van der Waals surface area contributed by atoms with Crippen LogP contribution >= 0.6 is 0 Å². The van der Waals surface area contributed by atoms with E-state index in [0.29, 0.717) is 36.2 Å². The van der Waals surface area contributed by atoms with Crippen molar-refractivity contribution in [3.63, 3.8) is 0 Å². The Labute approximate surface area is 242 Å². The summed E-state index contributed by atoms with van der Waals surface area (Å²) < 4.78 is 5.84. The third-order valence-electron chi connectivity index (χ3n) is 12.5. The second kappa shape index (κ2) is 11.0. The van der Waals surface area contributed by atoms with E-state index in [2.05, 4.69) is 41.5 Å². The number of hydrogen-bond donors (Lipinski definition) is 1. The van der Waals surface area contributed by atoms with Crippen LogP contribution < -0.4 is 0 Å². The number of ether oxygens (including phenoxy) is 1. The number of hydrogen-bond acceptors (Lipinski definition) is 4. The average molecular weight is 549 g/mol. The van der Waals surface area contributed by atoms with Crippen molar-refractivity contribution in [3.05, 3.63) is 47.5 Å². The number of carbonyl (C=O) groups excluding carboxylic acids is 2. The summed E-state index contributed by atoms with van der Waals surface area (Å²) in [6.07, 6.45) is 11.5. The molecule has 0 unspecified atom stereocenters. The zero-order valence-electron chi connectivity index (χ0n) is 25.7. The van der Waals surface area contributed by atoms with Crippen molar-refractivity contribution in [2.24, 2.45) is 46.3 Å². The molecular formula is C36H52O4. The molecule has 40 heavy (non-hydrogen) atoms. The van der Waals surface area contributed by atoms with E-state index in [-0.39, 0.29) is 29.5 Å². The molecule has 0 heterocycles. The van der Waals surface area contributed by atoms with Crippen LogP contribution in [0.25, 0.3) is 0 Å². The largest absolute Gasteiger partial charge is 0.459 e. The van der Waals surface area contributed by atoms with E-state index in [1.165, 1.54) is 37.7 Å². The van der Waals surface area contributed by atoms with Crippen molar-refractivity contribution in [1.82, 2.24) is 0 Å². The lowest BCUT2D eigenvalue weighted by molar-refractivity contribution is -0.181. The maximum atomic E-state index is 13.8. The number of rotatable bonds is 8. The predicted octanol–water partition coefficient (Wildman–Crippen LogP) is 8.18. The zero-order chi connectivity index (χ0) is 28.9. The Morgan fingerprint density at radius 3 is 2.40 bits per heavy atom. The number of fused-ring (bicyclic) bond motifs is 5. The molecular weight excluding hydrogens is 496 g/mol. The van der Waals surface area contributed by atoms with E-state index in [1.54, 1.807) is 12.1 Å². The first-order valence-corrected chi connectivity index (χ1v) is 16.2. The molecule has 0 radical (unpaired) electrons. The highest BCUT2D eigenvalue weighted by Crippen LogP contribution is 2.67. The van der Waals surface area contributed by atoms with Crippen LogP contribution in [0.1, 0.15) is 116 Å². The molecule has 0 bridgehead atoms. The molecule has 4 aliphatic rings. The Kier molecular flexibility index (Phi) is 8.16. The highest BCUT2D eigenvalue weighted by molar-refractivity contribution is 6.00. The van der Waals surface area contributed by atoms with Crippen molar-refractivity contribution in [3.8, 4) is 0 Å². The van der Waals surface area contributed by atoms with Gasteiger partial charge < -0.3 is 9.84 Å². The van der Waals surface area contributed by atoms with Gasteiger partial charge in [-0.05, 0) is 104 Å². The summed E-state index contributed by atoms with van der Waals surface area (Å²) in [5, 5.41) is 12.1. The van der Waals surface area contributed by atoms with Gasteiger partial charge in [-0.1, -0.05) is 78.2 Å². The van der Waals surface area contributed by atoms with E-state index in [1.807, 2.05) is 24.3 Å². The standard InChI is InChI=1S/C36H52O4/c1-7-25(23(2)3)14-13-24(4)29-15-16-30-28-21-32(37)36(39)22-27(40-33(38)26-11-9-8-10-12-26)17-20-35(36,6)31(28)18-19-34(29,30)5/h8-12,21,23-25,27,29-31,39H,7,13-20,22H2,1-6H3/t24-,25+,27+,29-,30+,31+,34-,35-,36+/m1/s1. The lowest BCUT2D eigenvalue weighted by Gasteiger charge is -2.60. The quantitative estimate of drug-likeness (QED) is 0.333. The summed E-state index contributed by atoms with van der Waals surface area (Å²) in [4.78, 5) is 26.6. The van der Waals surface area contributed by atoms with Gasteiger partial charge >= 0.3 is 5.97 Å². The van der Waals surface area contributed by atoms with Crippen LogP contribution in [0.4, 0.5) is 0 Å². The molecule has 3 saturated carbocycles. The number of carbonyl (C=O) groups is 2. The van der Waals surface area contributed by atoms with Gasteiger partial charge in [0.25, 0.3) is 0 Å². The van der Waals surface area contributed by atoms with E-state index >= 15 is 0 Å². The normalized spacial score (nSPS) is 38.6. The summed E-state index contributed by atoms with van der Waals surface area (Å²) in [6, 6.07) is 8.99. The second-order valence-electron chi connectivity index (χ2n) is 14.7. The second-order valence-corrected chi connectivity index (χ2v) is 14.7. The fourth-order valence-electron chi connectivity index (χ4n) is 9.89. The minimum atomic E-state index is -1.48. The summed E-state index contributed by atoms with van der Waals surface area (Å²) in [7, 11) is 0. The first kappa shape index (κ1) is 29.5. The molecule has 0 saturated heterocycles. The van der Waals surface area contributed by atoms with Gasteiger partial charge in [0.1, 0.15) is 11.7 Å². The summed E-state index contributed by atoms with van der Waals surface area (Å²) in [5.74, 6) is 3.06. The van der Waals surface area contributed by atoms with Gasteiger partial charge in [-0.25, -0.2) is 4.79 Å². The first-order chi connectivity index (χ1) is 18.9. The Morgan fingerprint density at radius 2 is 1.73 bits per heavy atom. The molecule has 4 nitrogen and oxygen atoms in total. The number of benzene rings is 1. The van der Waals surface area contributed by atoms with Crippen molar-refractivity contribution in [1.29, 1.82) is 0 Å². The molecule has 1 aromatic carbocycles. The zero-order valence-corrected chi connectivity index (χ0v) is 25.7. The Bertz CT molecular complexity index is 1120. The van der Waals surface area contributed by atoms with Crippen LogP contribution in [-0.4, -0.2) is 28.6 Å². The predicted molar refractivity (Wildman–Crippen MR) is 160 cm³/mol. The molecule has 9 atom stereocenters. The molecule has 4 aliphatic carbocycles. The Hall–Kier alpha value is -1.94. The smallest absolute Gasteiger partial charge is 0.338 e. The molecule has 3 fully saturated rings. The molecule has 1 N–H and O–H groups in total. The number of allylic oxidation sites excluding steroid dienone is 1. The molecule has 0 spiro atoms. The van der Waals surface area contributed by atoms with E-state index in [0.717, 1.165) is 24.7 Å². The van der Waals surface area contributed by atoms with Gasteiger partial charge in [0.05, 0.1) is 5.56 Å². The minimum absolute atomic E-state index is 0.162. The maximum Gasteiger partial charge on any atom is 0.338 e. The van der Waals surface area contributed by atoms with Crippen LogP contribution in [0.15, 0.2) is 42.0 Å². The Morgan fingerprint density at radius 1 is 1.00 bits per heavy atom. The summed E-state index contributed by atoms with van der Waals surface area (Å²) in [6.45, 7) is 14.2. The fraction of sp³-hybridized carbons (Fsp3) is 0.722. The van der Waals surface area contributed by atoms with Crippen molar-refractivity contribution in [2.45, 2.75) is 117 Å². The first-order valence-electron chi connectivity index (χ1n) is 16.2. The minimum Gasteiger partial charge on any atom is -0.459 e. The lowest BCUT2D eigenvalue weighted by atomic mass is 9.46. The van der Waals surface area contributed by atoms with Gasteiger partial charge in [0.15, 0.2) is 5.78 Å². The van der Waals surface area contributed by atoms with Crippen molar-refractivity contribution < 1.29 is 19.4 Å².